The van der Waals surface area contributed by atoms with E-state index in [-0.39, 0.29) is 6.04 Å². The van der Waals surface area contributed by atoms with E-state index in [1.54, 1.807) is 20.8 Å². The van der Waals surface area contributed by atoms with Gasteiger partial charge >= 0.3 is 12.0 Å². The van der Waals surface area contributed by atoms with E-state index < -0.39 is 18.0 Å². The fourth-order valence-electron chi connectivity index (χ4n) is 2.07. The molecule has 2 amide bonds. The molecule has 21 heavy (non-hydrogen) atoms. The van der Waals surface area contributed by atoms with Gasteiger partial charge < -0.3 is 20.3 Å². The van der Waals surface area contributed by atoms with Gasteiger partial charge in [0, 0.05) is 5.56 Å². The molecule has 0 aliphatic rings. The van der Waals surface area contributed by atoms with Gasteiger partial charge in [0.15, 0.2) is 0 Å². The van der Waals surface area contributed by atoms with Crippen molar-refractivity contribution in [1.82, 2.24) is 15.8 Å². The van der Waals surface area contributed by atoms with E-state index >= 15 is 0 Å². The minimum atomic E-state index is -1.04. The molecule has 0 aromatic carbocycles. The lowest BCUT2D eigenvalue weighted by atomic mass is 10.1. The Kier molecular flexibility index (Phi) is 6.54. The zero-order chi connectivity index (χ0) is 16.0. The smallest absolute Gasteiger partial charge is 0.326 e. The van der Waals surface area contributed by atoms with Gasteiger partial charge in [0.05, 0.1) is 11.7 Å². The summed E-state index contributed by atoms with van der Waals surface area (Å²) in [4.78, 5) is 23.0. The Bertz CT molecular complexity index is 484. The average Bonchev–Trinajstić information content (AvgIpc) is 2.73. The quantitative estimate of drug-likeness (QED) is 0.709. The summed E-state index contributed by atoms with van der Waals surface area (Å²) in [6.07, 6.45) is 2.27. The van der Waals surface area contributed by atoms with Crippen molar-refractivity contribution in [3.05, 3.63) is 17.0 Å². The fourth-order valence-corrected chi connectivity index (χ4v) is 2.54. The molecule has 1 heterocycles. The highest BCUT2D eigenvalue weighted by Gasteiger charge is 2.22. The van der Waals surface area contributed by atoms with Crippen molar-refractivity contribution < 1.29 is 19.2 Å². The van der Waals surface area contributed by atoms with E-state index in [9.17, 15) is 9.59 Å². The maximum absolute atomic E-state index is 11.9. The third-order valence-corrected chi connectivity index (χ3v) is 3.73. The molecule has 8 heteroatoms. The molecule has 1 aromatic rings. The van der Waals surface area contributed by atoms with Crippen LogP contribution in [0.2, 0.25) is 0 Å². The molecular formula is C13H21N3O4S. The molecule has 0 saturated heterocycles. The number of nitrogens with zero attached hydrogens (tertiary/aromatic N) is 1. The molecule has 0 radical (unpaired) electrons. The SMILES string of the molecule is CSCC[C@@H](NC(=O)NC(C)c1c(C)noc1C)C(=O)O. The van der Waals surface area contributed by atoms with Crippen molar-refractivity contribution >= 4 is 23.8 Å². The van der Waals surface area contributed by atoms with Crippen LogP contribution in [-0.4, -0.2) is 40.3 Å². The number of hydrogen-bond acceptors (Lipinski definition) is 5. The van der Waals surface area contributed by atoms with Gasteiger partial charge in [-0.1, -0.05) is 5.16 Å². The second-order valence-corrected chi connectivity index (χ2v) is 5.74. The highest BCUT2D eigenvalue weighted by atomic mass is 32.2. The van der Waals surface area contributed by atoms with Gasteiger partial charge in [-0.3, -0.25) is 0 Å². The molecule has 0 spiro atoms. The third-order valence-electron chi connectivity index (χ3n) is 3.08. The van der Waals surface area contributed by atoms with Crippen molar-refractivity contribution in [2.24, 2.45) is 0 Å². The molecule has 1 aromatic heterocycles. The summed E-state index contributed by atoms with van der Waals surface area (Å²) >= 11 is 1.53. The van der Waals surface area contributed by atoms with Crippen LogP contribution in [0.1, 0.15) is 36.4 Å². The molecule has 2 atom stereocenters. The summed E-state index contributed by atoms with van der Waals surface area (Å²) in [5.41, 5.74) is 1.51. The molecular weight excluding hydrogens is 294 g/mol. The number of nitrogens with one attached hydrogen (secondary N) is 2. The maximum Gasteiger partial charge on any atom is 0.326 e. The first-order valence-electron chi connectivity index (χ1n) is 6.58. The number of aliphatic carboxylic acids is 1. The number of aryl methyl sites for hydroxylation is 2. The third kappa shape index (κ3) is 4.96. The van der Waals surface area contributed by atoms with Gasteiger partial charge in [0.25, 0.3) is 0 Å². The molecule has 0 aliphatic heterocycles. The molecule has 0 aliphatic carbocycles. The van der Waals surface area contributed by atoms with Crippen molar-refractivity contribution in [2.75, 3.05) is 12.0 Å². The van der Waals surface area contributed by atoms with Crippen LogP contribution in [0.15, 0.2) is 4.52 Å². The van der Waals surface area contributed by atoms with E-state index in [0.717, 1.165) is 5.56 Å². The van der Waals surface area contributed by atoms with E-state index in [4.69, 9.17) is 9.63 Å². The number of carbonyl (C=O) groups is 2. The molecule has 1 rings (SSSR count). The zero-order valence-electron chi connectivity index (χ0n) is 12.6. The van der Waals surface area contributed by atoms with Crippen molar-refractivity contribution in [1.29, 1.82) is 0 Å². The second kappa shape index (κ2) is 7.92. The Morgan fingerprint density at radius 2 is 2.05 bits per heavy atom. The number of urea groups is 1. The zero-order valence-corrected chi connectivity index (χ0v) is 13.4. The molecule has 0 fully saturated rings. The number of carboxylic acid groups (broad SMARTS) is 1. The van der Waals surface area contributed by atoms with Crippen LogP contribution < -0.4 is 10.6 Å². The Hall–Kier alpha value is -1.70. The normalized spacial score (nSPS) is 13.5. The first-order valence-corrected chi connectivity index (χ1v) is 7.97. The summed E-state index contributed by atoms with van der Waals surface area (Å²) < 4.78 is 5.05. The summed E-state index contributed by atoms with van der Waals surface area (Å²) in [6, 6.07) is -1.73. The topological polar surface area (TPSA) is 104 Å². The van der Waals surface area contributed by atoms with Crippen LogP contribution >= 0.6 is 11.8 Å². The largest absolute Gasteiger partial charge is 0.480 e. The van der Waals surface area contributed by atoms with E-state index in [2.05, 4.69) is 15.8 Å². The van der Waals surface area contributed by atoms with Crippen molar-refractivity contribution in [2.45, 2.75) is 39.3 Å². The monoisotopic (exact) mass is 315 g/mol. The van der Waals surface area contributed by atoms with Crippen molar-refractivity contribution in [3.8, 4) is 0 Å². The predicted molar refractivity (Wildman–Crippen MR) is 80.5 cm³/mol. The van der Waals surface area contributed by atoms with Crippen LogP contribution in [0.25, 0.3) is 0 Å². The van der Waals surface area contributed by atoms with E-state index in [1.807, 2.05) is 6.26 Å². The van der Waals surface area contributed by atoms with Crippen LogP contribution in [-0.2, 0) is 4.79 Å². The average molecular weight is 315 g/mol. The Balaban J connectivity index is 2.61. The molecule has 7 nitrogen and oxygen atoms in total. The number of rotatable bonds is 7. The van der Waals surface area contributed by atoms with Crippen LogP contribution in [0.3, 0.4) is 0 Å². The predicted octanol–water partition coefficient (Wildman–Crippen LogP) is 1.86. The highest BCUT2D eigenvalue weighted by molar-refractivity contribution is 7.98. The van der Waals surface area contributed by atoms with E-state index in [0.29, 0.717) is 23.6 Å². The molecule has 0 saturated carbocycles. The minimum absolute atomic E-state index is 0.314. The summed E-state index contributed by atoms with van der Waals surface area (Å²) in [5, 5.41) is 18.1. The van der Waals surface area contributed by atoms with E-state index in [1.165, 1.54) is 11.8 Å². The Labute approximate surface area is 127 Å². The molecule has 3 N–H and O–H groups in total. The number of carboxylic acids is 1. The van der Waals surface area contributed by atoms with Gasteiger partial charge in [-0.05, 0) is 39.2 Å². The first kappa shape index (κ1) is 17.4. The first-order chi connectivity index (χ1) is 9.86. The molecule has 118 valence electrons. The van der Waals surface area contributed by atoms with Crippen molar-refractivity contribution in [3.63, 3.8) is 0 Å². The Morgan fingerprint density at radius 3 is 2.52 bits per heavy atom. The highest BCUT2D eigenvalue weighted by Crippen LogP contribution is 2.20. The summed E-state index contributed by atoms with van der Waals surface area (Å²) in [7, 11) is 0. The molecule has 1 unspecified atom stereocenters. The van der Waals surface area contributed by atoms with Gasteiger partial charge in [0.2, 0.25) is 0 Å². The standard InChI is InChI=1S/C13H21N3O4S/c1-7(11-8(2)16-20-9(11)3)14-13(19)15-10(12(17)18)5-6-21-4/h7,10H,5-6H2,1-4H3,(H,17,18)(H2,14,15,19)/t7?,10-/m1/s1. The summed E-state index contributed by atoms with van der Waals surface area (Å²) in [5.74, 6) is 0.262. The summed E-state index contributed by atoms with van der Waals surface area (Å²) in [6.45, 7) is 5.36. The van der Waals surface area contributed by atoms with Crippen LogP contribution in [0, 0.1) is 13.8 Å². The van der Waals surface area contributed by atoms with Gasteiger partial charge in [-0.15, -0.1) is 0 Å². The molecule has 0 bridgehead atoms. The van der Waals surface area contributed by atoms with Gasteiger partial charge in [-0.25, -0.2) is 9.59 Å². The lowest BCUT2D eigenvalue weighted by Gasteiger charge is -2.18. The lowest BCUT2D eigenvalue weighted by molar-refractivity contribution is -0.139. The van der Waals surface area contributed by atoms with Crippen LogP contribution in [0.4, 0.5) is 4.79 Å². The Morgan fingerprint density at radius 1 is 1.38 bits per heavy atom. The second-order valence-electron chi connectivity index (χ2n) is 4.75. The number of carbonyl (C=O) groups excluding carboxylic acids is 1. The minimum Gasteiger partial charge on any atom is -0.480 e. The number of amides is 2. The van der Waals surface area contributed by atoms with Gasteiger partial charge in [-0.2, -0.15) is 11.8 Å². The van der Waals surface area contributed by atoms with Crippen LogP contribution in [0.5, 0.6) is 0 Å². The lowest BCUT2D eigenvalue weighted by Crippen LogP contribution is -2.46. The van der Waals surface area contributed by atoms with Gasteiger partial charge in [0.1, 0.15) is 11.8 Å². The number of thioether (sulfide) groups is 1. The number of aromatic nitrogens is 1. The maximum atomic E-state index is 11.9. The number of hydrogen-bond donors (Lipinski definition) is 3. The fraction of sp³-hybridized carbons (Fsp3) is 0.615.